The molecule has 3 N–H and O–H groups in total. The van der Waals surface area contributed by atoms with E-state index in [1.54, 1.807) is 18.4 Å². The number of fused-ring (bicyclic) bond motifs is 2. The summed E-state index contributed by atoms with van der Waals surface area (Å²) in [7, 11) is -3.37. The molecule has 0 atom stereocenters. The van der Waals surface area contributed by atoms with Crippen LogP contribution in [0.5, 0.6) is 11.5 Å². The van der Waals surface area contributed by atoms with Crippen molar-refractivity contribution in [3.63, 3.8) is 0 Å². The van der Waals surface area contributed by atoms with E-state index in [4.69, 9.17) is 15.2 Å². The molecule has 3 aromatic rings. The van der Waals surface area contributed by atoms with Gasteiger partial charge < -0.3 is 19.8 Å². The predicted octanol–water partition coefficient (Wildman–Crippen LogP) is 2.19. The van der Waals surface area contributed by atoms with E-state index in [2.05, 4.69) is 42.3 Å². The quantitative estimate of drug-likeness (QED) is 0.237. The molecule has 32 heavy (non-hydrogen) atoms. The molecule has 10 nitrogen and oxygen atoms in total. The number of rotatable bonds is 8. The molecule has 13 heteroatoms. The average Bonchev–Trinajstić information content (AvgIpc) is 3.30. The molecular formula is C19H22FIN6O4S. The molecule has 0 amide bonds. The van der Waals surface area contributed by atoms with Crippen LogP contribution in [0.15, 0.2) is 12.1 Å². The molecule has 2 aromatic heterocycles. The molecule has 1 aromatic carbocycles. The van der Waals surface area contributed by atoms with Crippen molar-refractivity contribution in [2.24, 2.45) is 0 Å². The first-order chi connectivity index (χ1) is 15.2. The van der Waals surface area contributed by atoms with E-state index in [-0.39, 0.29) is 24.8 Å². The van der Waals surface area contributed by atoms with Gasteiger partial charge >= 0.3 is 6.08 Å². The molecule has 0 fully saturated rings. The van der Waals surface area contributed by atoms with Crippen molar-refractivity contribution in [3.8, 4) is 11.5 Å². The standard InChI is InChI=1S/C19H22FIN6O4S/c1-10(2)32(28,29)23-4-3-5-27-15(24-16-17(22)25-19(20)26-18(16)27)7-11-6-13-14(8-12(11)21)31-9-30-13/h6,8,10,23H,3-5,7,9H2,1-2H3,(H2,22,25,26). The Balaban J connectivity index is 1.64. The predicted molar refractivity (Wildman–Crippen MR) is 124 cm³/mol. The van der Waals surface area contributed by atoms with Crippen LogP contribution in [0.1, 0.15) is 31.7 Å². The lowest BCUT2D eigenvalue weighted by molar-refractivity contribution is 0.174. The maximum Gasteiger partial charge on any atom is 0.312 e. The van der Waals surface area contributed by atoms with Crippen LogP contribution >= 0.6 is 22.6 Å². The number of nitrogens with one attached hydrogen (secondary N) is 1. The van der Waals surface area contributed by atoms with Gasteiger partial charge in [0.15, 0.2) is 28.5 Å². The number of sulfonamides is 1. The van der Waals surface area contributed by atoms with Gasteiger partial charge in [0.1, 0.15) is 5.82 Å². The number of hydrogen-bond donors (Lipinski definition) is 2. The Morgan fingerprint density at radius 1 is 1.25 bits per heavy atom. The summed E-state index contributed by atoms with van der Waals surface area (Å²) in [5, 5.41) is -0.526. The van der Waals surface area contributed by atoms with Gasteiger partial charge in [-0.3, -0.25) is 0 Å². The third-order valence-electron chi connectivity index (χ3n) is 5.05. The number of nitrogens with two attached hydrogens (primary N) is 1. The summed E-state index contributed by atoms with van der Waals surface area (Å²) in [6.45, 7) is 3.98. The second-order valence-electron chi connectivity index (χ2n) is 7.55. The first-order valence-electron chi connectivity index (χ1n) is 9.90. The molecule has 0 unspecified atom stereocenters. The smallest absolute Gasteiger partial charge is 0.312 e. The lowest BCUT2D eigenvalue weighted by Crippen LogP contribution is -2.32. The van der Waals surface area contributed by atoms with Gasteiger partial charge in [0.05, 0.1) is 5.25 Å². The van der Waals surface area contributed by atoms with Crippen LogP contribution in [0.3, 0.4) is 0 Å². The second-order valence-corrected chi connectivity index (χ2v) is 11.0. The van der Waals surface area contributed by atoms with E-state index in [0.29, 0.717) is 42.2 Å². The first-order valence-corrected chi connectivity index (χ1v) is 12.5. The maximum absolute atomic E-state index is 13.9. The third-order valence-corrected chi connectivity index (χ3v) is 7.90. The van der Waals surface area contributed by atoms with Gasteiger partial charge in [0.25, 0.3) is 0 Å². The highest BCUT2D eigenvalue weighted by Gasteiger charge is 2.21. The van der Waals surface area contributed by atoms with Crippen LogP contribution in [0.25, 0.3) is 11.2 Å². The van der Waals surface area contributed by atoms with Crippen molar-refractivity contribution in [1.82, 2.24) is 24.2 Å². The highest BCUT2D eigenvalue weighted by Crippen LogP contribution is 2.36. The fourth-order valence-electron chi connectivity index (χ4n) is 3.29. The Bertz CT molecular complexity index is 1280. The fourth-order valence-corrected chi connectivity index (χ4v) is 4.68. The molecule has 1 aliphatic heterocycles. The molecule has 172 valence electrons. The monoisotopic (exact) mass is 576 g/mol. The van der Waals surface area contributed by atoms with Gasteiger partial charge in [-0.15, -0.1) is 0 Å². The number of ether oxygens (including phenoxy) is 2. The maximum atomic E-state index is 13.9. The van der Waals surface area contributed by atoms with E-state index < -0.39 is 21.4 Å². The zero-order valence-electron chi connectivity index (χ0n) is 17.4. The SMILES string of the molecule is CC(C)S(=O)(=O)NCCCn1c(Cc2cc3c(cc2I)OCO3)nc2c(N)nc(F)nc21. The van der Waals surface area contributed by atoms with Crippen molar-refractivity contribution >= 4 is 49.6 Å². The van der Waals surface area contributed by atoms with Crippen LogP contribution in [-0.4, -0.2) is 46.5 Å². The second kappa shape index (κ2) is 8.94. The van der Waals surface area contributed by atoms with Gasteiger partial charge in [-0.1, -0.05) is 0 Å². The van der Waals surface area contributed by atoms with Gasteiger partial charge in [-0.05, 0) is 60.6 Å². The molecule has 0 aliphatic carbocycles. The van der Waals surface area contributed by atoms with E-state index >= 15 is 0 Å². The molecular weight excluding hydrogens is 554 g/mol. The van der Waals surface area contributed by atoms with E-state index in [1.807, 2.05) is 12.1 Å². The minimum Gasteiger partial charge on any atom is -0.454 e. The van der Waals surface area contributed by atoms with Crippen LogP contribution in [-0.2, 0) is 23.0 Å². The summed E-state index contributed by atoms with van der Waals surface area (Å²) in [6, 6.07) is 3.78. The van der Waals surface area contributed by atoms with Gasteiger partial charge in [0.2, 0.25) is 16.8 Å². The summed E-state index contributed by atoms with van der Waals surface area (Å²) in [5.41, 5.74) is 7.40. The number of aryl methyl sites for hydroxylation is 1. The Kier molecular flexibility index (Phi) is 6.40. The molecule has 4 rings (SSSR count). The first kappa shape index (κ1) is 22.9. The summed E-state index contributed by atoms with van der Waals surface area (Å²) < 4.78 is 54.1. The summed E-state index contributed by atoms with van der Waals surface area (Å²) in [6.07, 6.45) is -0.0843. The summed E-state index contributed by atoms with van der Waals surface area (Å²) in [4.78, 5) is 12.0. The van der Waals surface area contributed by atoms with Crippen molar-refractivity contribution < 1.29 is 22.3 Å². The lowest BCUT2D eigenvalue weighted by atomic mass is 10.1. The topological polar surface area (TPSA) is 134 Å². The Morgan fingerprint density at radius 2 is 1.97 bits per heavy atom. The van der Waals surface area contributed by atoms with Crippen molar-refractivity contribution in [2.75, 3.05) is 19.1 Å². The number of hydrogen-bond acceptors (Lipinski definition) is 8. The molecule has 0 radical (unpaired) electrons. The van der Waals surface area contributed by atoms with Gasteiger partial charge in [-0.25, -0.2) is 18.1 Å². The Hall–Kier alpha value is -2.26. The van der Waals surface area contributed by atoms with E-state index in [1.165, 1.54) is 0 Å². The largest absolute Gasteiger partial charge is 0.454 e. The normalized spacial score (nSPS) is 13.4. The Morgan fingerprint density at radius 3 is 2.69 bits per heavy atom. The minimum atomic E-state index is -3.37. The third kappa shape index (κ3) is 4.59. The number of nitrogen functional groups attached to an aromatic ring is 1. The average molecular weight is 576 g/mol. The van der Waals surface area contributed by atoms with E-state index in [0.717, 1.165) is 9.13 Å². The lowest BCUT2D eigenvalue weighted by Gasteiger charge is -2.12. The summed E-state index contributed by atoms with van der Waals surface area (Å²) >= 11 is 2.21. The minimum absolute atomic E-state index is 0.0478. The number of anilines is 1. The number of benzene rings is 1. The zero-order valence-corrected chi connectivity index (χ0v) is 20.4. The molecule has 0 saturated heterocycles. The van der Waals surface area contributed by atoms with Crippen LogP contribution in [0.2, 0.25) is 0 Å². The number of halogens is 2. The number of imidazole rings is 1. The molecule has 1 aliphatic rings. The highest BCUT2D eigenvalue weighted by molar-refractivity contribution is 14.1. The fraction of sp³-hybridized carbons (Fsp3) is 0.421. The Labute approximate surface area is 197 Å². The van der Waals surface area contributed by atoms with Crippen LogP contribution in [0, 0.1) is 9.65 Å². The zero-order chi connectivity index (χ0) is 23.0. The van der Waals surface area contributed by atoms with Gasteiger partial charge in [0, 0.05) is 23.1 Å². The molecule has 0 spiro atoms. The van der Waals surface area contributed by atoms with Crippen molar-refractivity contribution in [3.05, 3.63) is 33.2 Å². The molecule has 3 heterocycles. The molecule has 0 bridgehead atoms. The van der Waals surface area contributed by atoms with Crippen molar-refractivity contribution in [1.29, 1.82) is 0 Å². The van der Waals surface area contributed by atoms with Crippen LogP contribution < -0.4 is 19.9 Å². The van der Waals surface area contributed by atoms with Gasteiger partial charge in [-0.2, -0.15) is 14.4 Å². The highest BCUT2D eigenvalue weighted by atomic mass is 127. The van der Waals surface area contributed by atoms with E-state index in [9.17, 15) is 12.8 Å². The number of nitrogens with zero attached hydrogens (tertiary/aromatic N) is 4. The van der Waals surface area contributed by atoms with Crippen LogP contribution in [0.4, 0.5) is 10.2 Å². The number of aromatic nitrogens is 4. The van der Waals surface area contributed by atoms with Crippen molar-refractivity contribution in [2.45, 2.75) is 38.5 Å². The molecule has 0 saturated carbocycles. The summed E-state index contributed by atoms with van der Waals surface area (Å²) in [5.74, 6) is 1.89.